The number of halogens is 2. The van der Waals surface area contributed by atoms with Gasteiger partial charge in [-0.1, -0.05) is 29.3 Å². The summed E-state index contributed by atoms with van der Waals surface area (Å²) in [4.78, 5) is 4.41. The van der Waals surface area contributed by atoms with Crippen molar-refractivity contribution in [3.05, 3.63) is 52.0 Å². The Morgan fingerprint density at radius 2 is 2.11 bits per heavy atom. The summed E-state index contributed by atoms with van der Waals surface area (Å²) in [6, 6.07) is 5.65. The quantitative estimate of drug-likeness (QED) is 0.931. The first-order chi connectivity index (χ1) is 8.67. The predicted octanol–water partition coefficient (Wildman–Crippen LogP) is 3.52. The van der Waals surface area contributed by atoms with Crippen LogP contribution in [0.3, 0.4) is 0 Å². The Kier molecular flexibility index (Phi) is 4.27. The average Bonchev–Trinajstić information content (AvgIpc) is 2.83. The van der Waals surface area contributed by atoms with Crippen LogP contribution in [-0.2, 0) is 6.54 Å². The van der Waals surface area contributed by atoms with E-state index < -0.39 is 0 Å². The van der Waals surface area contributed by atoms with Gasteiger partial charge in [0.2, 0.25) is 0 Å². The molecule has 0 amide bonds. The Morgan fingerprint density at radius 3 is 2.72 bits per heavy atom. The van der Waals surface area contributed by atoms with Gasteiger partial charge in [0.1, 0.15) is 5.82 Å². The van der Waals surface area contributed by atoms with Crippen LogP contribution in [0.5, 0.6) is 0 Å². The molecule has 0 aliphatic rings. The molecule has 0 saturated carbocycles. The van der Waals surface area contributed by atoms with Gasteiger partial charge in [-0.15, -0.1) is 0 Å². The molecule has 1 heterocycles. The number of nitrogens with zero attached hydrogens (tertiary/aromatic N) is 2. The molecular weight excluding hydrogens is 269 g/mol. The van der Waals surface area contributed by atoms with Gasteiger partial charge >= 0.3 is 0 Å². The number of benzene rings is 1. The Morgan fingerprint density at radius 1 is 1.33 bits per heavy atom. The molecule has 1 aromatic heterocycles. The Balaban J connectivity index is 2.42. The van der Waals surface area contributed by atoms with E-state index in [1.165, 1.54) is 0 Å². The fourth-order valence-electron chi connectivity index (χ4n) is 1.99. The number of hydrogen-bond acceptors (Lipinski definition) is 2. The molecule has 96 valence electrons. The van der Waals surface area contributed by atoms with Crippen LogP contribution >= 0.6 is 23.2 Å². The van der Waals surface area contributed by atoms with Crippen molar-refractivity contribution in [2.45, 2.75) is 19.5 Å². The maximum atomic E-state index is 6.06. The molecule has 0 aliphatic heterocycles. The lowest BCUT2D eigenvalue weighted by atomic mass is 10.1. The molecular formula is C13H15Cl2N3. The molecule has 1 aromatic carbocycles. The molecule has 2 aromatic rings. The number of rotatable bonds is 4. The van der Waals surface area contributed by atoms with Crippen LogP contribution in [0.2, 0.25) is 10.0 Å². The van der Waals surface area contributed by atoms with Crippen LogP contribution in [0, 0.1) is 0 Å². The first-order valence-corrected chi connectivity index (χ1v) is 6.56. The monoisotopic (exact) mass is 283 g/mol. The fourth-order valence-corrected chi connectivity index (χ4v) is 2.29. The largest absolute Gasteiger partial charge is 0.334 e. The van der Waals surface area contributed by atoms with Gasteiger partial charge in [0.25, 0.3) is 0 Å². The molecule has 0 bridgehead atoms. The van der Waals surface area contributed by atoms with E-state index in [2.05, 4.69) is 21.8 Å². The molecule has 1 atom stereocenters. The molecule has 0 fully saturated rings. The summed E-state index contributed by atoms with van der Waals surface area (Å²) >= 11 is 12.0. The predicted molar refractivity (Wildman–Crippen MR) is 75.3 cm³/mol. The third-order valence-electron chi connectivity index (χ3n) is 2.91. The summed E-state index contributed by atoms with van der Waals surface area (Å²) in [5.41, 5.74) is 1.05. The maximum absolute atomic E-state index is 6.06. The van der Waals surface area contributed by atoms with Crippen LogP contribution in [-0.4, -0.2) is 16.6 Å². The molecule has 0 aliphatic carbocycles. The zero-order valence-electron chi connectivity index (χ0n) is 10.3. The third-order valence-corrected chi connectivity index (χ3v) is 3.65. The second-order valence-electron chi connectivity index (χ2n) is 3.97. The van der Waals surface area contributed by atoms with E-state index >= 15 is 0 Å². The van der Waals surface area contributed by atoms with Crippen molar-refractivity contribution in [3.8, 4) is 0 Å². The summed E-state index contributed by atoms with van der Waals surface area (Å²) < 4.78 is 2.10. The molecule has 2 rings (SSSR count). The van der Waals surface area contributed by atoms with Gasteiger partial charge in [0.05, 0.1) is 16.1 Å². The number of nitrogens with one attached hydrogen (secondary N) is 1. The minimum Gasteiger partial charge on any atom is -0.334 e. The van der Waals surface area contributed by atoms with E-state index in [1.807, 2.05) is 31.4 Å². The smallest absolute Gasteiger partial charge is 0.130 e. The average molecular weight is 284 g/mol. The van der Waals surface area contributed by atoms with Crippen molar-refractivity contribution in [1.82, 2.24) is 14.9 Å². The lowest BCUT2D eigenvalue weighted by molar-refractivity contribution is 0.590. The highest BCUT2D eigenvalue weighted by Crippen LogP contribution is 2.28. The van der Waals surface area contributed by atoms with E-state index in [0.717, 1.165) is 17.9 Å². The van der Waals surface area contributed by atoms with E-state index in [4.69, 9.17) is 23.2 Å². The molecule has 0 spiro atoms. The van der Waals surface area contributed by atoms with Gasteiger partial charge in [-0.2, -0.15) is 0 Å². The zero-order valence-corrected chi connectivity index (χ0v) is 11.8. The standard InChI is InChI=1S/C13H15Cl2N3/c1-3-18-7-6-17-13(18)12(16-2)9-4-5-10(14)11(15)8-9/h4-8,12,16H,3H2,1-2H3. The molecule has 0 saturated heterocycles. The van der Waals surface area contributed by atoms with Gasteiger partial charge in [-0.25, -0.2) is 4.98 Å². The second kappa shape index (κ2) is 5.74. The van der Waals surface area contributed by atoms with Crippen molar-refractivity contribution in [2.75, 3.05) is 7.05 Å². The number of aromatic nitrogens is 2. The zero-order chi connectivity index (χ0) is 13.1. The van der Waals surface area contributed by atoms with Gasteiger partial charge in [-0.3, -0.25) is 0 Å². The van der Waals surface area contributed by atoms with Crippen molar-refractivity contribution >= 4 is 23.2 Å². The Bertz CT molecular complexity index is 537. The van der Waals surface area contributed by atoms with Crippen LogP contribution in [0.25, 0.3) is 0 Å². The number of hydrogen-bond donors (Lipinski definition) is 1. The molecule has 1 N–H and O–H groups in total. The summed E-state index contributed by atoms with van der Waals surface area (Å²) in [5, 5.41) is 4.38. The Labute approximate surface area is 117 Å². The highest BCUT2D eigenvalue weighted by molar-refractivity contribution is 6.42. The number of imidazole rings is 1. The third kappa shape index (κ3) is 2.53. The maximum Gasteiger partial charge on any atom is 0.130 e. The second-order valence-corrected chi connectivity index (χ2v) is 4.78. The van der Waals surface area contributed by atoms with Crippen molar-refractivity contribution in [2.24, 2.45) is 0 Å². The van der Waals surface area contributed by atoms with Gasteiger partial charge in [-0.05, 0) is 31.7 Å². The normalized spacial score (nSPS) is 12.7. The molecule has 0 radical (unpaired) electrons. The fraction of sp³-hybridized carbons (Fsp3) is 0.308. The lowest BCUT2D eigenvalue weighted by Gasteiger charge is -2.18. The highest BCUT2D eigenvalue weighted by Gasteiger charge is 2.17. The first-order valence-electron chi connectivity index (χ1n) is 5.80. The van der Waals surface area contributed by atoms with E-state index in [-0.39, 0.29) is 6.04 Å². The van der Waals surface area contributed by atoms with Crippen LogP contribution in [0.1, 0.15) is 24.4 Å². The van der Waals surface area contributed by atoms with Gasteiger partial charge in [0, 0.05) is 18.9 Å². The van der Waals surface area contributed by atoms with Crippen molar-refractivity contribution < 1.29 is 0 Å². The summed E-state index contributed by atoms with van der Waals surface area (Å²) in [6.45, 7) is 2.97. The molecule has 3 nitrogen and oxygen atoms in total. The van der Waals surface area contributed by atoms with Crippen LogP contribution in [0.4, 0.5) is 0 Å². The molecule has 5 heteroatoms. The topological polar surface area (TPSA) is 29.9 Å². The van der Waals surface area contributed by atoms with E-state index in [0.29, 0.717) is 10.0 Å². The minimum atomic E-state index is 0.00900. The SMILES string of the molecule is CCn1ccnc1C(NC)c1ccc(Cl)c(Cl)c1. The van der Waals surface area contributed by atoms with Crippen LogP contribution < -0.4 is 5.32 Å². The van der Waals surface area contributed by atoms with E-state index in [9.17, 15) is 0 Å². The summed E-state index contributed by atoms with van der Waals surface area (Å²) in [5.74, 6) is 0.971. The summed E-state index contributed by atoms with van der Waals surface area (Å²) in [7, 11) is 1.90. The molecule has 18 heavy (non-hydrogen) atoms. The van der Waals surface area contributed by atoms with Crippen molar-refractivity contribution in [1.29, 1.82) is 0 Å². The minimum absolute atomic E-state index is 0.00900. The molecule has 1 unspecified atom stereocenters. The van der Waals surface area contributed by atoms with Crippen molar-refractivity contribution in [3.63, 3.8) is 0 Å². The lowest BCUT2D eigenvalue weighted by Crippen LogP contribution is -2.21. The van der Waals surface area contributed by atoms with Gasteiger partial charge in [0.15, 0.2) is 0 Å². The van der Waals surface area contributed by atoms with Gasteiger partial charge < -0.3 is 9.88 Å². The Hall–Kier alpha value is -1.03. The first kappa shape index (κ1) is 13.4. The van der Waals surface area contributed by atoms with Crippen LogP contribution in [0.15, 0.2) is 30.6 Å². The van der Waals surface area contributed by atoms with E-state index in [1.54, 1.807) is 6.20 Å². The number of aryl methyl sites for hydroxylation is 1. The summed E-state index contributed by atoms with van der Waals surface area (Å²) in [6.07, 6.45) is 3.78. The highest BCUT2D eigenvalue weighted by atomic mass is 35.5.